The van der Waals surface area contributed by atoms with E-state index < -0.39 is 11.9 Å². The second kappa shape index (κ2) is 4.72. The highest BCUT2D eigenvalue weighted by atomic mass is 16.4. The van der Waals surface area contributed by atoms with Crippen LogP contribution in [0.1, 0.15) is 25.7 Å². The fraction of sp³-hybridized carbons (Fsp3) is 0.889. The van der Waals surface area contributed by atoms with Gasteiger partial charge in [0.2, 0.25) is 0 Å². The van der Waals surface area contributed by atoms with E-state index in [0.717, 1.165) is 6.42 Å². The van der Waals surface area contributed by atoms with E-state index in [-0.39, 0.29) is 18.1 Å². The molecule has 0 heterocycles. The lowest BCUT2D eigenvalue weighted by Gasteiger charge is -2.28. The summed E-state index contributed by atoms with van der Waals surface area (Å²) in [7, 11) is 0. The van der Waals surface area contributed by atoms with Crippen LogP contribution in [0.2, 0.25) is 0 Å². The Bertz CT molecular complexity index is 210. The zero-order chi connectivity index (χ0) is 10.7. The van der Waals surface area contributed by atoms with Crippen LogP contribution < -0.4 is 17.2 Å². The molecule has 5 nitrogen and oxygen atoms in total. The molecule has 82 valence electrons. The Morgan fingerprint density at radius 1 is 1.07 bits per heavy atom. The summed E-state index contributed by atoms with van der Waals surface area (Å²) in [5.41, 5.74) is 17.4. The van der Waals surface area contributed by atoms with Crippen LogP contribution in [0, 0.1) is 5.92 Å². The molecule has 14 heavy (non-hydrogen) atoms. The van der Waals surface area contributed by atoms with Crippen LogP contribution >= 0.6 is 0 Å². The molecule has 1 saturated carbocycles. The van der Waals surface area contributed by atoms with E-state index in [4.69, 9.17) is 22.3 Å². The highest BCUT2D eigenvalue weighted by molar-refractivity contribution is 5.70. The maximum atomic E-state index is 10.9. The van der Waals surface area contributed by atoms with Crippen molar-refractivity contribution in [2.45, 2.75) is 43.8 Å². The van der Waals surface area contributed by atoms with Gasteiger partial charge < -0.3 is 22.3 Å². The van der Waals surface area contributed by atoms with Crippen LogP contribution in [0.5, 0.6) is 0 Å². The van der Waals surface area contributed by atoms with Gasteiger partial charge >= 0.3 is 5.97 Å². The molecule has 1 aliphatic carbocycles. The van der Waals surface area contributed by atoms with Crippen molar-refractivity contribution in [2.75, 3.05) is 0 Å². The molecule has 0 aromatic rings. The molecule has 0 amide bonds. The van der Waals surface area contributed by atoms with E-state index >= 15 is 0 Å². The van der Waals surface area contributed by atoms with Gasteiger partial charge in [-0.2, -0.15) is 0 Å². The van der Waals surface area contributed by atoms with Crippen molar-refractivity contribution in [3.8, 4) is 0 Å². The molecule has 0 radical (unpaired) electrons. The molecular weight excluding hydrogens is 182 g/mol. The summed E-state index contributed by atoms with van der Waals surface area (Å²) >= 11 is 0. The first kappa shape index (κ1) is 11.4. The molecule has 7 N–H and O–H groups in total. The van der Waals surface area contributed by atoms with E-state index in [1.54, 1.807) is 0 Å². The number of carboxylic acids is 1. The van der Waals surface area contributed by atoms with Crippen LogP contribution in [0.15, 0.2) is 0 Å². The van der Waals surface area contributed by atoms with E-state index in [2.05, 4.69) is 0 Å². The number of nitrogens with two attached hydrogens (primary N) is 3. The first-order valence-corrected chi connectivity index (χ1v) is 5.00. The predicted molar refractivity (Wildman–Crippen MR) is 53.5 cm³/mol. The zero-order valence-corrected chi connectivity index (χ0v) is 8.23. The van der Waals surface area contributed by atoms with Gasteiger partial charge in [0.1, 0.15) is 0 Å². The molecule has 1 rings (SSSR count). The minimum absolute atomic E-state index is 0.0133. The van der Waals surface area contributed by atoms with Gasteiger partial charge in [-0.3, -0.25) is 4.79 Å². The van der Waals surface area contributed by atoms with E-state index in [1.807, 2.05) is 0 Å². The summed E-state index contributed by atoms with van der Waals surface area (Å²) < 4.78 is 0. The molecule has 0 aliphatic heterocycles. The lowest BCUT2D eigenvalue weighted by atomic mass is 9.84. The van der Waals surface area contributed by atoms with Crippen molar-refractivity contribution < 1.29 is 9.90 Å². The Hall–Kier alpha value is -0.650. The van der Waals surface area contributed by atoms with Crippen molar-refractivity contribution in [1.29, 1.82) is 0 Å². The van der Waals surface area contributed by atoms with Crippen molar-refractivity contribution in [1.82, 2.24) is 0 Å². The molecule has 1 fully saturated rings. The van der Waals surface area contributed by atoms with Crippen LogP contribution in [-0.2, 0) is 4.79 Å². The first-order valence-electron chi connectivity index (χ1n) is 5.00. The average molecular weight is 201 g/mol. The largest absolute Gasteiger partial charge is 0.481 e. The van der Waals surface area contributed by atoms with Gasteiger partial charge in [0.05, 0.1) is 5.92 Å². The van der Waals surface area contributed by atoms with E-state index in [9.17, 15) is 4.79 Å². The van der Waals surface area contributed by atoms with Gasteiger partial charge in [0.15, 0.2) is 0 Å². The third-order valence-corrected chi connectivity index (χ3v) is 2.86. The van der Waals surface area contributed by atoms with Gasteiger partial charge in [-0.1, -0.05) is 0 Å². The molecular formula is C9H19N3O2. The molecule has 0 saturated heterocycles. The van der Waals surface area contributed by atoms with Crippen LogP contribution in [0.25, 0.3) is 0 Å². The van der Waals surface area contributed by atoms with E-state index in [1.165, 1.54) is 0 Å². The second-order valence-corrected chi connectivity index (χ2v) is 4.18. The average Bonchev–Trinajstić information content (AvgIpc) is 2.00. The Labute approximate surface area is 83.6 Å². The topological polar surface area (TPSA) is 115 Å². The molecule has 0 spiro atoms. The normalized spacial score (nSPS) is 39.9. The first-order chi connectivity index (χ1) is 6.50. The summed E-state index contributed by atoms with van der Waals surface area (Å²) in [5, 5.41) is 8.94. The SMILES string of the molecule is NC1CCC(C(=O)O)C(N)CC(N)C1. The maximum Gasteiger partial charge on any atom is 0.308 e. The van der Waals surface area contributed by atoms with Crippen molar-refractivity contribution in [3.05, 3.63) is 0 Å². The highest BCUT2D eigenvalue weighted by Crippen LogP contribution is 2.20. The lowest BCUT2D eigenvalue weighted by Crippen LogP contribution is -2.45. The highest BCUT2D eigenvalue weighted by Gasteiger charge is 2.29. The maximum absolute atomic E-state index is 10.9. The fourth-order valence-electron chi connectivity index (χ4n) is 2.03. The second-order valence-electron chi connectivity index (χ2n) is 4.18. The van der Waals surface area contributed by atoms with Crippen LogP contribution in [0.3, 0.4) is 0 Å². The smallest absolute Gasteiger partial charge is 0.308 e. The Morgan fingerprint density at radius 3 is 2.29 bits per heavy atom. The molecule has 4 unspecified atom stereocenters. The number of rotatable bonds is 1. The van der Waals surface area contributed by atoms with Gasteiger partial charge in [-0.15, -0.1) is 0 Å². The lowest BCUT2D eigenvalue weighted by molar-refractivity contribution is -0.143. The monoisotopic (exact) mass is 201 g/mol. The number of hydrogen-bond donors (Lipinski definition) is 4. The molecule has 0 bridgehead atoms. The number of hydrogen-bond acceptors (Lipinski definition) is 4. The summed E-state index contributed by atoms with van der Waals surface area (Å²) in [6, 6.07) is -0.392. The van der Waals surface area contributed by atoms with Gasteiger partial charge in [0.25, 0.3) is 0 Å². The minimum atomic E-state index is -0.834. The summed E-state index contributed by atoms with van der Waals surface area (Å²) in [4.78, 5) is 10.9. The third-order valence-electron chi connectivity index (χ3n) is 2.86. The summed E-state index contributed by atoms with van der Waals surface area (Å²) in [6.07, 6.45) is 2.54. The van der Waals surface area contributed by atoms with Crippen LogP contribution in [0.4, 0.5) is 0 Å². The van der Waals surface area contributed by atoms with Crippen molar-refractivity contribution >= 4 is 5.97 Å². The Kier molecular flexibility index (Phi) is 3.86. The fourth-order valence-corrected chi connectivity index (χ4v) is 2.03. The van der Waals surface area contributed by atoms with Crippen molar-refractivity contribution in [3.63, 3.8) is 0 Å². The van der Waals surface area contributed by atoms with Crippen molar-refractivity contribution in [2.24, 2.45) is 23.1 Å². The van der Waals surface area contributed by atoms with Gasteiger partial charge in [0, 0.05) is 18.1 Å². The molecule has 1 aliphatic rings. The van der Waals surface area contributed by atoms with E-state index in [0.29, 0.717) is 19.3 Å². The zero-order valence-electron chi connectivity index (χ0n) is 8.23. The van der Waals surface area contributed by atoms with Gasteiger partial charge in [-0.05, 0) is 25.7 Å². The molecule has 0 aromatic heterocycles. The summed E-state index contributed by atoms with van der Waals surface area (Å²) in [6.45, 7) is 0. The van der Waals surface area contributed by atoms with Crippen LogP contribution in [-0.4, -0.2) is 29.2 Å². The molecule has 5 heteroatoms. The number of aliphatic carboxylic acids is 1. The number of carboxylic acid groups (broad SMARTS) is 1. The standard InChI is InChI=1S/C9H19N3O2/c10-5-1-2-7(9(13)14)8(12)4-6(11)3-5/h5-8H,1-4,10-12H2,(H,13,14). The number of carbonyl (C=O) groups is 1. The quantitative estimate of drug-likeness (QED) is 0.445. The molecule has 0 aromatic carbocycles. The minimum Gasteiger partial charge on any atom is -0.481 e. The third kappa shape index (κ3) is 2.94. The predicted octanol–water partition coefficient (Wildman–Crippen LogP) is -0.757. The Morgan fingerprint density at radius 2 is 1.71 bits per heavy atom. The Balaban J connectivity index is 2.63. The summed E-state index contributed by atoms with van der Waals surface area (Å²) in [5.74, 6) is -1.33. The molecule has 4 atom stereocenters. The van der Waals surface area contributed by atoms with Gasteiger partial charge in [-0.25, -0.2) is 0 Å².